The minimum Gasteiger partial charge on any atom is -0.481 e. The lowest BCUT2D eigenvalue weighted by Crippen LogP contribution is -2.30. The van der Waals surface area contributed by atoms with Gasteiger partial charge in [-0.1, -0.05) is 30.7 Å². The summed E-state index contributed by atoms with van der Waals surface area (Å²) in [4.78, 5) is 10.4. The van der Waals surface area contributed by atoms with Gasteiger partial charge in [-0.2, -0.15) is 0 Å². The molecule has 0 bridgehead atoms. The van der Waals surface area contributed by atoms with Crippen LogP contribution in [0.2, 0.25) is 5.02 Å². The highest BCUT2D eigenvalue weighted by Crippen LogP contribution is 2.20. The Morgan fingerprint density at radius 2 is 1.95 bits per heavy atom. The molecule has 0 radical (unpaired) electrons. The number of nitrogens with one attached hydrogen (secondary N) is 1. The van der Waals surface area contributed by atoms with Gasteiger partial charge in [-0.3, -0.25) is 4.79 Å². The highest BCUT2D eigenvalue weighted by molar-refractivity contribution is 7.89. The van der Waals surface area contributed by atoms with Gasteiger partial charge in [-0.25, -0.2) is 13.1 Å². The van der Waals surface area contributed by atoms with Crippen molar-refractivity contribution in [1.29, 1.82) is 0 Å². The third kappa shape index (κ3) is 5.90. The Morgan fingerprint density at radius 1 is 1.35 bits per heavy atom. The van der Waals surface area contributed by atoms with Gasteiger partial charge in [0, 0.05) is 17.5 Å². The van der Waals surface area contributed by atoms with E-state index in [1.54, 1.807) is 24.3 Å². The average Bonchev–Trinajstić information content (AvgIpc) is 2.36. The van der Waals surface area contributed by atoms with Crippen LogP contribution >= 0.6 is 11.6 Å². The van der Waals surface area contributed by atoms with Crippen LogP contribution in [0.3, 0.4) is 0 Å². The highest BCUT2D eigenvalue weighted by atomic mass is 35.5. The minimum absolute atomic E-state index is 0.0989. The summed E-state index contributed by atoms with van der Waals surface area (Å²) >= 11 is 5.80. The molecule has 1 aromatic carbocycles. The topological polar surface area (TPSA) is 83.5 Å². The summed E-state index contributed by atoms with van der Waals surface area (Å²) in [6.07, 6.45) is 0.542. The van der Waals surface area contributed by atoms with Gasteiger partial charge in [0.1, 0.15) is 0 Å². The van der Waals surface area contributed by atoms with Crippen LogP contribution in [0, 0.1) is 0 Å². The van der Waals surface area contributed by atoms with Gasteiger partial charge in [-0.05, 0) is 30.5 Å². The average molecular weight is 320 g/mol. The second kappa shape index (κ2) is 7.61. The summed E-state index contributed by atoms with van der Waals surface area (Å²) in [7, 11) is -3.49. The molecule has 2 N–H and O–H groups in total. The molecule has 0 aliphatic rings. The number of hydrogen-bond acceptors (Lipinski definition) is 3. The lowest BCUT2D eigenvalue weighted by atomic mass is 10.1. The van der Waals surface area contributed by atoms with Gasteiger partial charge >= 0.3 is 5.97 Å². The molecule has 0 saturated heterocycles. The van der Waals surface area contributed by atoms with E-state index in [4.69, 9.17) is 16.7 Å². The summed E-state index contributed by atoms with van der Waals surface area (Å²) in [6.45, 7) is 1.87. The molecular weight excluding hydrogens is 302 g/mol. The lowest BCUT2D eigenvalue weighted by Gasteiger charge is -2.17. The number of rotatable bonds is 8. The standard InChI is InChI=1S/C13H18ClNO4S/c1-2-12(10-5-7-11(14)8-6-10)15-20(18,19)9-3-4-13(16)17/h5-8,12,15H,2-4,9H2,1H3,(H,16,17). The molecular formula is C13H18ClNO4S. The lowest BCUT2D eigenvalue weighted by molar-refractivity contribution is -0.137. The number of sulfonamides is 1. The van der Waals surface area contributed by atoms with Crippen molar-refractivity contribution in [1.82, 2.24) is 4.72 Å². The Kier molecular flexibility index (Phi) is 6.45. The SMILES string of the molecule is CCC(NS(=O)(=O)CCCC(=O)O)c1ccc(Cl)cc1. The molecule has 0 saturated carbocycles. The van der Waals surface area contributed by atoms with Crippen LogP contribution in [0.4, 0.5) is 0 Å². The van der Waals surface area contributed by atoms with E-state index < -0.39 is 16.0 Å². The van der Waals surface area contributed by atoms with Crippen LogP contribution in [-0.2, 0) is 14.8 Å². The van der Waals surface area contributed by atoms with Crippen LogP contribution in [-0.4, -0.2) is 25.2 Å². The first-order valence-electron chi connectivity index (χ1n) is 6.31. The van der Waals surface area contributed by atoms with Crippen molar-refractivity contribution in [3.8, 4) is 0 Å². The number of carbonyl (C=O) groups is 1. The molecule has 0 amide bonds. The first kappa shape index (κ1) is 16.9. The molecule has 5 nitrogen and oxygen atoms in total. The van der Waals surface area contributed by atoms with Crippen molar-refractivity contribution in [2.24, 2.45) is 0 Å². The molecule has 20 heavy (non-hydrogen) atoms. The Balaban J connectivity index is 2.67. The van der Waals surface area contributed by atoms with E-state index in [0.29, 0.717) is 11.4 Å². The van der Waals surface area contributed by atoms with E-state index in [1.165, 1.54) is 0 Å². The maximum absolute atomic E-state index is 11.9. The maximum Gasteiger partial charge on any atom is 0.303 e. The van der Waals surface area contributed by atoms with Crippen LogP contribution in [0.15, 0.2) is 24.3 Å². The number of hydrogen-bond donors (Lipinski definition) is 2. The van der Waals surface area contributed by atoms with Crippen molar-refractivity contribution < 1.29 is 18.3 Å². The molecule has 0 aromatic heterocycles. The van der Waals surface area contributed by atoms with Gasteiger partial charge in [-0.15, -0.1) is 0 Å². The predicted octanol–water partition coefficient (Wildman–Crippen LogP) is 2.58. The zero-order valence-electron chi connectivity index (χ0n) is 11.2. The summed E-state index contributed by atoms with van der Waals surface area (Å²) in [5, 5.41) is 9.11. The fraction of sp³-hybridized carbons (Fsp3) is 0.462. The van der Waals surface area contributed by atoms with Gasteiger partial charge < -0.3 is 5.11 Å². The number of benzene rings is 1. The number of carboxylic acid groups (broad SMARTS) is 1. The van der Waals surface area contributed by atoms with E-state index >= 15 is 0 Å². The summed E-state index contributed by atoms with van der Waals surface area (Å²) in [5.41, 5.74) is 0.832. The number of halogens is 1. The molecule has 1 unspecified atom stereocenters. The molecule has 0 fully saturated rings. The molecule has 112 valence electrons. The van der Waals surface area contributed by atoms with E-state index in [1.807, 2.05) is 6.92 Å². The van der Waals surface area contributed by atoms with Crippen molar-refractivity contribution in [2.75, 3.05) is 5.75 Å². The molecule has 0 aliphatic carbocycles. The Hall–Kier alpha value is -1.11. The Bertz CT molecular complexity index is 542. The molecule has 7 heteroatoms. The monoisotopic (exact) mass is 319 g/mol. The van der Waals surface area contributed by atoms with Crippen molar-refractivity contribution in [2.45, 2.75) is 32.2 Å². The normalized spacial score (nSPS) is 13.1. The number of carboxylic acids is 1. The van der Waals surface area contributed by atoms with Crippen LogP contribution in [0.25, 0.3) is 0 Å². The van der Waals surface area contributed by atoms with Crippen LogP contribution in [0.1, 0.15) is 37.8 Å². The summed E-state index contributed by atoms with van der Waals surface area (Å²) < 4.78 is 26.4. The Labute approximate surface area is 124 Å². The molecule has 1 aromatic rings. The van der Waals surface area contributed by atoms with Crippen molar-refractivity contribution in [3.63, 3.8) is 0 Å². The fourth-order valence-corrected chi connectivity index (χ4v) is 3.28. The number of aliphatic carboxylic acids is 1. The molecule has 0 aliphatic heterocycles. The van der Waals surface area contributed by atoms with Gasteiger partial charge in [0.15, 0.2) is 0 Å². The van der Waals surface area contributed by atoms with Gasteiger partial charge in [0.2, 0.25) is 10.0 Å². The third-order valence-electron chi connectivity index (χ3n) is 2.81. The van der Waals surface area contributed by atoms with Crippen molar-refractivity contribution in [3.05, 3.63) is 34.9 Å². The second-order valence-electron chi connectivity index (χ2n) is 4.45. The van der Waals surface area contributed by atoms with E-state index in [9.17, 15) is 13.2 Å². The van der Waals surface area contributed by atoms with E-state index in [-0.39, 0.29) is 24.6 Å². The highest BCUT2D eigenvalue weighted by Gasteiger charge is 2.18. The third-order valence-corrected chi connectivity index (χ3v) is 4.53. The second-order valence-corrected chi connectivity index (χ2v) is 6.76. The zero-order chi connectivity index (χ0) is 15.2. The molecule has 0 heterocycles. The van der Waals surface area contributed by atoms with E-state index in [2.05, 4.69) is 4.72 Å². The Morgan fingerprint density at radius 3 is 2.45 bits per heavy atom. The van der Waals surface area contributed by atoms with Gasteiger partial charge in [0.05, 0.1) is 5.75 Å². The molecule has 1 atom stereocenters. The van der Waals surface area contributed by atoms with Gasteiger partial charge in [0.25, 0.3) is 0 Å². The molecule has 0 spiro atoms. The summed E-state index contributed by atoms with van der Waals surface area (Å²) in [6, 6.07) is 6.63. The first-order chi connectivity index (χ1) is 9.34. The van der Waals surface area contributed by atoms with Crippen LogP contribution < -0.4 is 4.72 Å². The predicted molar refractivity (Wildman–Crippen MR) is 78.3 cm³/mol. The maximum atomic E-state index is 11.9. The fourth-order valence-electron chi connectivity index (χ4n) is 1.77. The van der Waals surface area contributed by atoms with Crippen LogP contribution in [0.5, 0.6) is 0 Å². The molecule has 1 rings (SSSR count). The first-order valence-corrected chi connectivity index (χ1v) is 8.34. The zero-order valence-corrected chi connectivity index (χ0v) is 12.7. The smallest absolute Gasteiger partial charge is 0.303 e. The largest absolute Gasteiger partial charge is 0.481 e. The summed E-state index contributed by atoms with van der Waals surface area (Å²) in [5.74, 6) is -1.19. The minimum atomic E-state index is -3.49. The van der Waals surface area contributed by atoms with Crippen molar-refractivity contribution >= 4 is 27.6 Å². The van der Waals surface area contributed by atoms with E-state index in [0.717, 1.165) is 5.56 Å². The quantitative estimate of drug-likeness (QED) is 0.771.